The van der Waals surface area contributed by atoms with Crippen molar-refractivity contribution in [2.24, 2.45) is 0 Å². The zero-order chi connectivity index (χ0) is 15.6. The van der Waals surface area contributed by atoms with Crippen LogP contribution in [0.4, 0.5) is 5.69 Å². The first-order chi connectivity index (χ1) is 9.77. The van der Waals surface area contributed by atoms with Crippen LogP contribution in [0.15, 0.2) is 39.8 Å². The van der Waals surface area contributed by atoms with Gasteiger partial charge in [0.1, 0.15) is 12.0 Å². The van der Waals surface area contributed by atoms with E-state index < -0.39 is 15.8 Å². The van der Waals surface area contributed by atoms with Crippen LogP contribution in [-0.4, -0.2) is 25.7 Å². The van der Waals surface area contributed by atoms with Crippen LogP contribution in [-0.2, 0) is 16.4 Å². The average molecular weight is 309 g/mol. The molecule has 0 radical (unpaired) electrons. The van der Waals surface area contributed by atoms with Crippen LogP contribution in [0.25, 0.3) is 0 Å². The van der Waals surface area contributed by atoms with Crippen LogP contribution in [0.2, 0.25) is 0 Å². The van der Waals surface area contributed by atoms with Gasteiger partial charge in [0.05, 0.1) is 17.0 Å². The molecule has 2 aromatic rings. The summed E-state index contributed by atoms with van der Waals surface area (Å²) in [6, 6.07) is 6.23. The number of anilines is 1. The van der Waals surface area contributed by atoms with E-state index in [1.165, 1.54) is 12.3 Å². The zero-order valence-corrected chi connectivity index (χ0v) is 12.4. The standard InChI is InChI=1S/C14H15NO5S/c1-9-3-4-12(21(2,18)19)6-13(9)15-7-11-5-10(8-20-11)14(16)17/h3-6,8,15H,7H2,1-2H3,(H,16,17). The first-order valence-corrected chi connectivity index (χ1v) is 8.02. The molecule has 0 unspecified atom stereocenters. The van der Waals surface area contributed by atoms with E-state index in [1.807, 2.05) is 6.92 Å². The van der Waals surface area contributed by atoms with Crippen molar-refractivity contribution in [3.8, 4) is 0 Å². The largest absolute Gasteiger partial charge is 0.478 e. The molecule has 0 aliphatic heterocycles. The monoisotopic (exact) mass is 309 g/mol. The zero-order valence-electron chi connectivity index (χ0n) is 11.6. The fourth-order valence-corrected chi connectivity index (χ4v) is 2.44. The van der Waals surface area contributed by atoms with Crippen molar-refractivity contribution < 1.29 is 22.7 Å². The second kappa shape index (κ2) is 5.61. The Balaban J connectivity index is 2.17. The maximum absolute atomic E-state index is 11.5. The van der Waals surface area contributed by atoms with Gasteiger partial charge in [-0.3, -0.25) is 0 Å². The number of aromatic carboxylic acids is 1. The number of carboxylic acid groups (broad SMARTS) is 1. The molecule has 0 saturated carbocycles. The third kappa shape index (κ3) is 3.63. The summed E-state index contributed by atoms with van der Waals surface area (Å²) in [6.45, 7) is 2.11. The maximum Gasteiger partial charge on any atom is 0.338 e. The Morgan fingerprint density at radius 2 is 2.05 bits per heavy atom. The lowest BCUT2D eigenvalue weighted by molar-refractivity contribution is 0.0696. The highest BCUT2D eigenvalue weighted by atomic mass is 32.2. The van der Waals surface area contributed by atoms with Crippen LogP contribution >= 0.6 is 0 Å². The Morgan fingerprint density at radius 1 is 1.33 bits per heavy atom. The predicted octanol–water partition coefficient (Wildman–Crippen LogP) is 2.30. The third-order valence-corrected chi connectivity index (χ3v) is 4.10. The smallest absolute Gasteiger partial charge is 0.338 e. The van der Waals surface area contributed by atoms with Crippen molar-refractivity contribution in [3.05, 3.63) is 47.4 Å². The first-order valence-electron chi connectivity index (χ1n) is 6.12. The molecule has 2 N–H and O–H groups in total. The van der Waals surface area contributed by atoms with Crippen molar-refractivity contribution in [2.75, 3.05) is 11.6 Å². The van der Waals surface area contributed by atoms with Crippen molar-refractivity contribution in [2.45, 2.75) is 18.4 Å². The Hall–Kier alpha value is -2.28. The van der Waals surface area contributed by atoms with Crippen molar-refractivity contribution in [1.82, 2.24) is 0 Å². The number of carboxylic acids is 1. The normalized spacial score (nSPS) is 11.3. The van der Waals surface area contributed by atoms with Gasteiger partial charge < -0.3 is 14.8 Å². The molecule has 1 heterocycles. The highest BCUT2D eigenvalue weighted by Crippen LogP contribution is 2.21. The summed E-state index contributed by atoms with van der Waals surface area (Å²) in [5.41, 5.74) is 1.62. The fourth-order valence-electron chi connectivity index (χ4n) is 1.79. The molecule has 0 saturated heterocycles. The molecule has 0 spiro atoms. The highest BCUT2D eigenvalue weighted by Gasteiger charge is 2.11. The van der Waals surface area contributed by atoms with Gasteiger partial charge in [-0.15, -0.1) is 0 Å². The highest BCUT2D eigenvalue weighted by molar-refractivity contribution is 7.90. The number of hydrogen-bond acceptors (Lipinski definition) is 5. The molecule has 0 aliphatic carbocycles. The van der Waals surface area contributed by atoms with Crippen molar-refractivity contribution in [1.29, 1.82) is 0 Å². The summed E-state index contributed by atoms with van der Waals surface area (Å²) in [6.07, 6.45) is 2.31. The molecular weight excluding hydrogens is 294 g/mol. The maximum atomic E-state index is 11.5. The number of carbonyl (C=O) groups is 1. The van der Waals surface area contributed by atoms with Gasteiger partial charge in [0.25, 0.3) is 0 Å². The Labute approximate surface area is 122 Å². The van der Waals surface area contributed by atoms with Crippen LogP contribution in [0.1, 0.15) is 21.7 Å². The van der Waals surface area contributed by atoms with Gasteiger partial charge >= 0.3 is 5.97 Å². The number of sulfone groups is 1. The molecule has 112 valence electrons. The van der Waals surface area contributed by atoms with Gasteiger partial charge in [0.2, 0.25) is 0 Å². The van der Waals surface area contributed by atoms with Crippen LogP contribution in [0.3, 0.4) is 0 Å². The third-order valence-electron chi connectivity index (χ3n) is 2.99. The van der Waals surface area contributed by atoms with E-state index in [0.717, 1.165) is 11.8 Å². The number of nitrogens with one attached hydrogen (secondary N) is 1. The van der Waals surface area contributed by atoms with E-state index in [9.17, 15) is 13.2 Å². The number of rotatable bonds is 5. The van der Waals surface area contributed by atoms with Gasteiger partial charge in [-0.2, -0.15) is 0 Å². The van der Waals surface area contributed by atoms with Gasteiger partial charge in [0.15, 0.2) is 9.84 Å². The van der Waals surface area contributed by atoms with Gasteiger partial charge in [-0.1, -0.05) is 6.07 Å². The number of hydrogen-bond donors (Lipinski definition) is 2. The van der Waals surface area contributed by atoms with E-state index >= 15 is 0 Å². The second-order valence-corrected chi connectivity index (χ2v) is 6.73. The molecule has 1 aromatic heterocycles. The second-order valence-electron chi connectivity index (χ2n) is 4.71. The van der Waals surface area contributed by atoms with Crippen LogP contribution < -0.4 is 5.32 Å². The molecule has 1 aromatic carbocycles. The lowest BCUT2D eigenvalue weighted by Gasteiger charge is -2.09. The molecule has 2 rings (SSSR count). The Bertz CT molecular complexity index is 776. The molecule has 7 heteroatoms. The van der Waals surface area contributed by atoms with Crippen LogP contribution in [0, 0.1) is 6.92 Å². The van der Waals surface area contributed by atoms with Gasteiger partial charge in [0, 0.05) is 11.9 Å². The van der Waals surface area contributed by atoms with Crippen LogP contribution in [0.5, 0.6) is 0 Å². The molecule has 6 nitrogen and oxygen atoms in total. The van der Waals surface area contributed by atoms with E-state index in [2.05, 4.69) is 5.32 Å². The summed E-state index contributed by atoms with van der Waals surface area (Å²) in [7, 11) is -3.27. The number of benzene rings is 1. The molecule has 0 atom stereocenters. The Kier molecular flexibility index (Phi) is 4.04. The number of aryl methyl sites for hydroxylation is 1. The Morgan fingerprint density at radius 3 is 2.62 bits per heavy atom. The molecule has 0 amide bonds. The van der Waals surface area contributed by atoms with Gasteiger partial charge in [-0.25, -0.2) is 13.2 Å². The van der Waals surface area contributed by atoms with E-state index in [-0.39, 0.29) is 17.0 Å². The molecule has 21 heavy (non-hydrogen) atoms. The molecular formula is C14H15NO5S. The first kappa shape index (κ1) is 15.1. The summed E-state index contributed by atoms with van der Waals surface area (Å²) < 4.78 is 28.2. The summed E-state index contributed by atoms with van der Waals surface area (Å²) in [5.74, 6) is -0.600. The van der Waals surface area contributed by atoms with E-state index in [1.54, 1.807) is 18.2 Å². The van der Waals surface area contributed by atoms with Crippen molar-refractivity contribution >= 4 is 21.5 Å². The van der Waals surface area contributed by atoms with Gasteiger partial charge in [-0.05, 0) is 30.7 Å². The molecule has 0 fully saturated rings. The molecule has 0 bridgehead atoms. The fraction of sp³-hybridized carbons (Fsp3) is 0.214. The van der Waals surface area contributed by atoms with E-state index in [4.69, 9.17) is 9.52 Å². The summed E-state index contributed by atoms with van der Waals surface area (Å²) in [4.78, 5) is 11.0. The molecule has 0 aliphatic rings. The lowest BCUT2D eigenvalue weighted by Crippen LogP contribution is -2.03. The lowest BCUT2D eigenvalue weighted by atomic mass is 10.2. The van der Waals surface area contributed by atoms with Crippen molar-refractivity contribution in [3.63, 3.8) is 0 Å². The average Bonchev–Trinajstić information content (AvgIpc) is 2.85. The summed E-state index contributed by atoms with van der Waals surface area (Å²) >= 11 is 0. The minimum Gasteiger partial charge on any atom is -0.478 e. The predicted molar refractivity (Wildman–Crippen MR) is 77.3 cm³/mol. The minimum absolute atomic E-state index is 0.0772. The van der Waals surface area contributed by atoms with E-state index in [0.29, 0.717) is 11.4 Å². The number of furan rings is 1. The quantitative estimate of drug-likeness (QED) is 0.879. The minimum atomic E-state index is -3.27. The summed E-state index contributed by atoms with van der Waals surface area (Å²) in [5, 5.41) is 11.8. The SMILES string of the molecule is Cc1ccc(S(C)(=O)=O)cc1NCc1cc(C(=O)O)co1. The topological polar surface area (TPSA) is 96.6 Å².